The van der Waals surface area contributed by atoms with Gasteiger partial charge in [-0.3, -0.25) is 4.79 Å². The first-order chi connectivity index (χ1) is 12.7. The molecule has 6 heteroatoms. The van der Waals surface area contributed by atoms with E-state index in [1.807, 2.05) is 12.1 Å². The fourth-order valence-corrected chi connectivity index (χ4v) is 2.34. The first kappa shape index (κ1) is 17.5. The summed E-state index contributed by atoms with van der Waals surface area (Å²) >= 11 is 0. The summed E-state index contributed by atoms with van der Waals surface area (Å²) in [5.74, 6) is -0.528. The third-order valence-corrected chi connectivity index (χ3v) is 3.85. The van der Waals surface area contributed by atoms with Crippen LogP contribution in [0.1, 0.15) is 30.1 Å². The summed E-state index contributed by atoms with van der Waals surface area (Å²) in [5, 5.41) is 11.6. The van der Waals surface area contributed by atoms with Gasteiger partial charge in [0.05, 0.1) is 11.6 Å². The van der Waals surface area contributed by atoms with Gasteiger partial charge in [-0.1, -0.05) is 30.3 Å². The average Bonchev–Trinajstić information content (AvgIpc) is 3.49. The molecule has 1 saturated carbocycles. The molecule has 0 heterocycles. The number of ether oxygens (including phenoxy) is 2. The predicted molar refractivity (Wildman–Crippen MR) is 93.1 cm³/mol. The predicted octanol–water partition coefficient (Wildman–Crippen LogP) is 2.50. The van der Waals surface area contributed by atoms with Gasteiger partial charge in [0.1, 0.15) is 5.75 Å². The van der Waals surface area contributed by atoms with Crippen molar-refractivity contribution in [2.24, 2.45) is 0 Å². The van der Waals surface area contributed by atoms with E-state index in [2.05, 4.69) is 5.32 Å². The Bertz CT molecular complexity index is 808. The van der Waals surface area contributed by atoms with Crippen LogP contribution < -0.4 is 10.1 Å². The van der Waals surface area contributed by atoms with Gasteiger partial charge in [0, 0.05) is 11.6 Å². The first-order valence-electron chi connectivity index (χ1n) is 8.33. The highest BCUT2D eigenvalue weighted by atomic mass is 16.6. The monoisotopic (exact) mass is 350 g/mol. The van der Waals surface area contributed by atoms with E-state index < -0.39 is 12.1 Å². The summed E-state index contributed by atoms with van der Waals surface area (Å²) in [6.45, 7) is -0.327. The van der Waals surface area contributed by atoms with Gasteiger partial charge in [0.2, 0.25) is 6.10 Å². The number of amides is 1. The van der Waals surface area contributed by atoms with Crippen molar-refractivity contribution in [3.63, 3.8) is 0 Å². The number of nitrogens with one attached hydrogen (secondary N) is 1. The van der Waals surface area contributed by atoms with Crippen LogP contribution in [0.3, 0.4) is 0 Å². The van der Waals surface area contributed by atoms with Gasteiger partial charge < -0.3 is 14.8 Å². The molecule has 2 aromatic carbocycles. The highest BCUT2D eigenvalue weighted by molar-refractivity contribution is 5.85. The minimum atomic E-state index is -1.01. The number of nitrogens with zero attached hydrogens (tertiary/aromatic N) is 1. The van der Waals surface area contributed by atoms with Crippen LogP contribution in [0.15, 0.2) is 54.6 Å². The second-order valence-electron chi connectivity index (χ2n) is 5.99. The Labute approximate surface area is 151 Å². The normalized spacial score (nSPS) is 14.0. The van der Waals surface area contributed by atoms with E-state index in [9.17, 15) is 9.59 Å². The molecule has 0 saturated heterocycles. The molecule has 1 aliphatic rings. The Hall–Kier alpha value is -3.33. The topological polar surface area (TPSA) is 88.4 Å². The molecule has 0 bridgehead atoms. The Balaban J connectivity index is 1.60. The number of benzene rings is 2. The molecular weight excluding hydrogens is 332 g/mol. The smallest absolute Gasteiger partial charge is 0.345 e. The van der Waals surface area contributed by atoms with Crippen molar-refractivity contribution in [3.05, 3.63) is 65.7 Å². The lowest BCUT2D eigenvalue weighted by Crippen LogP contribution is -2.34. The highest BCUT2D eigenvalue weighted by Gasteiger charge is 2.30. The van der Waals surface area contributed by atoms with Crippen molar-refractivity contribution in [1.29, 1.82) is 5.26 Å². The molecule has 26 heavy (non-hydrogen) atoms. The van der Waals surface area contributed by atoms with Crippen LogP contribution in [0.4, 0.5) is 0 Å². The number of hydrogen-bond acceptors (Lipinski definition) is 5. The molecule has 0 aliphatic heterocycles. The van der Waals surface area contributed by atoms with Crippen molar-refractivity contribution in [3.8, 4) is 11.8 Å². The number of carbonyl (C=O) groups is 2. The van der Waals surface area contributed by atoms with Gasteiger partial charge in [-0.05, 0) is 37.1 Å². The molecule has 0 spiro atoms. The van der Waals surface area contributed by atoms with Gasteiger partial charge in [-0.15, -0.1) is 0 Å². The highest BCUT2D eigenvalue weighted by Crippen LogP contribution is 2.23. The minimum Gasteiger partial charge on any atom is -0.482 e. The van der Waals surface area contributed by atoms with Crippen molar-refractivity contribution >= 4 is 11.9 Å². The van der Waals surface area contributed by atoms with Crippen LogP contribution >= 0.6 is 0 Å². The number of nitriles is 1. The standard InChI is InChI=1S/C20H18N2O4/c21-12-14-6-10-17(11-7-14)25-13-18(23)26-19(15-4-2-1-3-5-15)20(24)22-16-8-9-16/h1-7,10-11,16,19H,8-9,13H2,(H,22,24)/t19-/m1/s1. The second-order valence-corrected chi connectivity index (χ2v) is 5.99. The lowest BCUT2D eigenvalue weighted by molar-refractivity contribution is -0.158. The molecule has 0 unspecified atom stereocenters. The number of rotatable bonds is 7. The first-order valence-corrected chi connectivity index (χ1v) is 8.33. The van der Waals surface area contributed by atoms with E-state index in [4.69, 9.17) is 14.7 Å². The van der Waals surface area contributed by atoms with E-state index in [1.165, 1.54) is 0 Å². The molecule has 1 amide bonds. The van der Waals surface area contributed by atoms with E-state index in [-0.39, 0.29) is 18.6 Å². The molecule has 6 nitrogen and oxygen atoms in total. The molecule has 2 aromatic rings. The van der Waals surface area contributed by atoms with E-state index in [1.54, 1.807) is 48.5 Å². The summed E-state index contributed by atoms with van der Waals surface area (Å²) in [5.41, 5.74) is 1.11. The summed E-state index contributed by atoms with van der Waals surface area (Å²) in [6.07, 6.45) is 0.889. The number of carbonyl (C=O) groups excluding carboxylic acids is 2. The Morgan fingerprint density at radius 2 is 1.81 bits per heavy atom. The molecule has 1 N–H and O–H groups in total. The molecule has 0 aromatic heterocycles. The maximum Gasteiger partial charge on any atom is 0.345 e. The zero-order valence-corrected chi connectivity index (χ0v) is 14.1. The van der Waals surface area contributed by atoms with Gasteiger partial charge in [0.25, 0.3) is 5.91 Å². The van der Waals surface area contributed by atoms with Gasteiger partial charge in [-0.2, -0.15) is 5.26 Å². The fourth-order valence-electron chi connectivity index (χ4n) is 2.34. The minimum absolute atomic E-state index is 0.169. The van der Waals surface area contributed by atoms with Gasteiger partial charge in [0.15, 0.2) is 6.61 Å². The Morgan fingerprint density at radius 3 is 2.42 bits per heavy atom. The van der Waals surface area contributed by atoms with Crippen LogP contribution in [0.2, 0.25) is 0 Å². The molecule has 0 radical (unpaired) electrons. The summed E-state index contributed by atoms with van der Waals surface area (Å²) in [7, 11) is 0. The van der Waals surface area contributed by atoms with Crippen molar-refractivity contribution in [2.45, 2.75) is 25.0 Å². The third-order valence-electron chi connectivity index (χ3n) is 3.85. The lowest BCUT2D eigenvalue weighted by atomic mass is 10.1. The summed E-state index contributed by atoms with van der Waals surface area (Å²) in [4.78, 5) is 24.6. The van der Waals surface area contributed by atoms with Crippen molar-refractivity contribution in [1.82, 2.24) is 5.32 Å². The maximum absolute atomic E-state index is 12.4. The van der Waals surface area contributed by atoms with E-state index >= 15 is 0 Å². The zero-order valence-electron chi connectivity index (χ0n) is 14.1. The van der Waals surface area contributed by atoms with Crippen LogP contribution in [-0.4, -0.2) is 24.5 Å². The SMILES string of the molecule is N#Cc1ccc(OCC(=O)O[C@@H](C(=O)NC2CC2)c2ccccc2)cc1. The third kappa shape index (κ3) is 4.84. The summed E-state index contributed by atoms with van der Waals surface area (Å²) < 4.78 is 10.7. The van der Waals surface area contributed by atoms with Gasteiger partial charge in [-0.25, -0.2) is 4.79 Å². The molecule has 1 aliphatic carbocycles. The van der Waals surface area contributed by atoms with Crippen molar-refractivity contribution < 1.29 is 19.1 Å². The second kappa shape index (κ2) is 8.17. The molecule has 1 atom stereocenters. The number of hydrogen-bond donors (Lipinski definition) is 1. The maximum atomic E-state index is 12.4. The molecule has 3 rings (SSSR count). The molecular formula is C20H18N2O4. The van der Waals surface area contributed by atoms with Crippen LogP contribution in [0, 0.1) is 11.3 Å². The Kier molecular flexibility index (Phi) is 5.49. The lowest BCUT2D eigenvalue weighted by Gasteiger charge is -2.18. The molecule has 132 valence electrons. The zero-order chi connectivity index (χ0) is 18.4. The Morgan fingerprint density at radius 1 is 1.12 bits per heavy atom. The van der Waals surface area contributed by atoms with Crippen LogP contribution in [0.5, 0.6) is 5.75 Å². The van der Waals surface area contributed by atoms with Crippen LogP contribution in [0.25, 0.3) is 0 Å². The molecule has 1 fully saturated rings. The van der Waals surface area contributed by atoms with Crippen LogP contribution in [-0.2, 0) is 14.3 Å². The summed E-state index contributed by atoms with van der Waals surface area (Å²) in [6, 6.07) is 17.4. The van der Waals surface area contributed by atoms with E-state index in [0.717, 1.165) is 12.8 Å². The van der Waals surface area contributed by atoms with Gasteiger partial charge >= 0.3 is 5.97 Å². The number of esters is 1. The van der Waals surface area contributed by atoms with E-state index in [0.29, 0.717) is 16.9 Å². The quantitative estimate of drug-likeness (QED) is 0.775. The average molecular weight is 350 g/mol. The van der Waals surface area contributed by atoms with Crippen molar-refractivity contribution in [2.75, 3.05) is 6.61 Å². The largest absolute Gasteiger partial charge is 0.482 e. The fraction of sp³-hybridized carbons (Fsp3) is 0.250.